The van der Waals surface area contributed by atoms with Crippen molar-refractivity contribution in [3.8, 4) is 0 Å². The minimum atomic E-state index is -0.190. The first-order valence-electron chi connectivity index (χ1n) is 8.75. The molecule has 5 nitrogen and oxygen atoms in total. The van der Waals surface area contributed by atoms with Crippen LogP contribution in [0.3, 0.4) is 0 Å². The highest BCUT2D eigenvalue weighted by atomic mass is 127. The Kier molecular flexibility index (Phi) is 10.8. The maximum atomic E-state index is 13.4. The molecule has 2 aromatic rings. The fourth-order valence-corrected chi connectivity index (χ4v) is 3.37. The molecule has 0 spiro atoms. The van der Waals surface area contributed by atoms with Crippen LogP contribution in [-0.4, -0.2) is 35.6 Å². The normalized spacial score (nSPS) is 11.2. The van der Waals surface area contributed by atoms with Gasteiger partial charge in [-0.05, 0) is 55.9 Å². The number of rotatable bonds is 8. The van der Waals surface area contributed by atoms with Gasteiger partial charge in [-0.3, -0.25) is 9.67 Å². The number of hydrogen-bond acceptors (Lipinski definition) is 3. The third-order valence-electron chi connectivity index (χ3n) is 4.08. The van der Waals surface area contributed by atoms with Crippen LogP contribution in [0.15, 0.2) is 29.3 Å². The number of nitrogens with one attached hydrogen (secondary N) is 2. The number of guanidine groups is 1. The highest BCUT2D eigenvalue weighted by Crippen LogP contribution is 2.16. The summed E-state index contributed by atoms with van der Waals surface area (Å²) in [5.41, 5.74) is 4.34. The molecule has 0 fully saturated rings. The second kappa shape index (κ2) is 12.2. The molecule has 0 atom stereocenters. The molecule has 0 amide bonds. The Morgan fingerprint density at radius 1 is 1.22 bits per heavy atom. The average molecular weight is 505 g/mol. The summed E-state index contributed by atoms with van der Waals surface area (Å²) in [5, 5.41) is 11.1. The number of aliphatic imine (C=N–C) groups is 1. The molecule has 8 heteroatoms. The summed E-state index contributed by atoms with van der Waals surface area (Å²) in [5.74, 6) is 1.35. The molecule has 0 unspecified atom stereocenters. The fourth-order valence-electron chi connectivity index (χ4n) is 2.79. The SMILES string of the molecule is CN=C(NCCCn1nc(C)cc1C)NCc1ccc(F)cc1CSC.I. The molecule has 150 valence electrons. The maximum absolute atomic E-state index is 13.4. The number of hydrogen-bond donors (Lipinski definition) is 2. The molecule has 0 saturated carbocycles. The minimum absolute atomic E-state index is 0. The van der Waals surface area contributed by atoms with Crippen molar-refractivity contribution in [2.45, 2.75) is 39.1 Å². The molecular formula is C19H29FIN5S. The predicted molar refractivity (Wildman–Crippen MR) is 124 cm³/mol. The maximum Gasteiger partial charge on any atom is 0.191 e. The number of aryl methyl sites for hydroxylation is 3. The van der Waals surface area contributed by atoms with E-state index in [1.54, 1.807) is 24.9 Å². The molecule has 0 saturated heterocycles. The molecular weight excluding hydrogens is 476 g/mol. The lowest BCUT2D eigenvalue weighted by molar-refractivity contribution is 0.555. The molecule has 0 bridgehead atoms. The highest BCUT2D eigenvalue weighted by Gasteiger charge is 2.06. The lowest BCUT2D eigenvalue weighted by Crippen LogP contribution is -2.37. The van der Waals surface area contributed by atoms with Gasteiger partial charge in [0.25, 0.3) is 0 Å². The van der Waals surface area contributed by atoms with Gasteiger partial charge in [-0.1, -0.05) is 6.07 Å². The first-order valence-corrected chi connectivity index (χ1v) is 10.1. The van der Waals surface area contributed by atoms with Crippen LogP contribution in [0.4, 0.5) is 4.39 Å². The van der Waals surface area contributed by atoms with Gasteiger partial charge < -0.3 is 10.6 Å². The molecule has 1 heterocycles. The molecule has 27 heavy (non-hydrogen) atoms. The molecule has 0 aliphatic heterocycles. The van der Waals surface area contributed by atoms with Crippen LogP contribution in [0.25, 0.3) is 0 Å². The zero-order chi connectivity index (χ0) is 18.9. The van der Waals surface area contributed by atoms with E-state index < -0.39 is 0 Å². The van der Waals surface area contributed by atoms with Crippen molar-refractivity contribution >= 4 is 41.7 Å². The van der Waals surface area contributed by atoms with E-state index in [2.05, 4.69) is 33.7 Å². The molecule has 2 rings (SSSR count). The highest BCUT2D eigenvalue weighted by molar-refractivity contribution is 14.0. The van der Waals surface area contributed by atoms with E-state index in [-0.39, 0.29) is 29.8 Å². The Labute approximate surface area is 182 Å². The van der Waals surface area contributed by atoms with Crippen LogP contribution in [0.1, 0.15) is 28.9 Å². The van der Waals surface area contributed by atoms with Crippen molar-refractivity contribution in [2.24, 2.45) is 4.99 Å². The smallest absolute Gasteiger partial charge is 0.191 e. The summed E-state index contributed by atoms with van der Waals surface area (Å²) < 4.78 is 15.5. The zero-order valence-electron chi connectivity index (χ0n) is 16.4. The molecule has 1 aromatic carbocycles. The van der Waals surface area contributed by atoms with E-state index in [4.69, 9.17) is 0 Å². The van der Waals surface area contributed by atoms with Gasteiger partial charge in [0.1, 0.15) is 5.82 Å². The van der Waals surface area contributed by atoms with Crippen molar-refractivity contribution in [1.29, 1.82) is 0 Å². The van der Waals surface area contributed by atoms with E-state index in [0.717, 1.165) is 48.0 Å². The van der Waals surface area contributed by atoms with Crippen molar-refractivity contribution in [3.05, 3.63) is 52.6 Å². The Morgan fingerprint density at radius 2 is 2.00 bits per heavy atom. The van der Waals surface area contributed by atoms with Crippen molar-refractivity contribution in [3.63, 3.8) is 0 Å². The van der Waals surface area contributed by atoms with E-state index in [9.17, 15) is 4.39 Å². The van der Waals surface area contributed by atoms with E-state index in [0.29, 0.717) is 6.54 Å². The minimum Gasteiger partial charge on any atom is -0.356 e. The number of halogens is 2. The van der Waals surface area contributed by atoms with Crippen LogP contribution in [-0.2, 0) is 18.8 Å². The van der Waals surface area contributed by atoms with Gasteiger partial charge in [0, 0.05) is 38.1 Å². The van der Waals surface area contributed by atoms with E-state index >= 15 is 0 Å². The molecule has 2 N–H and O–H groups in total. The molecule has 0 aliphatic rings. The first-order chi connectivity index (χ1) is 12.5. The third kappa shape index (κ3) is 7.69. The zero-order valence-corrected chi connectivity index (χ0v) is 19.5. The molecule has 1 aromatic heterocycles. The van der Waals surface area contributed by atoms with E-state index in [1.807, 2.05) is 23.9 Å². The van der Waals surface area contributed by atoms with Gasteiger partial charge in [-0.2, -0.15) is 16.9 Å². The third-order valence-corrected chi connectivity index (χ3v) is 4.68. The second-order valence-electron chi connectivity index (χ2n) is 6.20. The summed E-state index contributed by atoms with van der Waals surface area (Å²) >= 11 is 1.69. The monoisotopic (exact) mass is 505 g/mol. The van der Waals surface area contributed by atoms with Gasteiger partial charge in [-0.25, -0.2) is 4.39 Å². The van der Waals surface area contributed by atoms with E-state index in [1.165, 1.54) is 11.8 Å². The average Bonchev–Trinajstić information content (AvgIpc) is 2.93. The number of nitrogens with zero attached hydrogens (tertiary/aromatic N) is 3. The Morgan fingerprint density at radius 3 is 2.63 bits per heavy atom. The quantitative estimate of drug-likeness (QED) is 0.248. The van der Waals surface area contributed by atoms with Gasteiger partial charge >= 0.3 is 0 Å². The van der Waals surface area contributed by atoms with Crippen LogP contribution < -0.4 is 10.6 Å². The summed E-state index contributed by atoms with van der Waals surface area (Å²) in [4.78, 5) is 4.26. The molecule has 0 radical (unpaired) electrons. The van der Waals surface area contributed by atoms with Gasteiger partial charge in [0.2, 0.25) is 0 Å². The van der Waals surface area contributed by atoms with Crippen molar-refractivity contribution in [2.75, 3.05) is 19.8 Å². The number of benzene rings is 1. The number of aromatic nitrogens is 2. The summed E-state index contributed by atoms with van der Waals surface area (Å²) in [6.45, 7) is 6.38. The first kappa shape index (κ1) is 23.7. The van der Waals surface area contributed by atoms with Gasteiger partial charge in [0.05, 0.1) is 5.69 Å². The second-order valence-corrected chi connectivity index (χ2v) is 7.07. The van der Waals surface area contributed by atoms with Crippen LogP contribution in [0.5, 0.6) is 0 Å². The Balaban J connectivity index is 0.00000364. The Hall–Kier alpha value is -1.29. The number of thioether (sulfide) groups is 1. The van der Waals surface area contributed by atoms with Crippen LogP contribution in [0.2, 0.25) is 0 Å². The standard InChI is InChI=1S/C19H28FN5S.HI/c1-14-10-15(2)25(24-14)9-5-8-22-19(21-3)23-12-16-6-7-18(20)11-17(16)13-26-4;/h6-7,10-11H,5,8-9,12-13H2,1-4H3,(H2,21,22,23);1H. The summed E-state index contributed by atoms with van der Waals surface area (Å²) in [7, 11) is 1.75. The van der Waals surface area contributed by atoms with Crippen LogP contribution in [0, 0.1) is 19.7 Å². The van der Waals surface area contributed by atoms with Crippen molar-refractivity contribution < 1.29 is 4.39 Å². The van der Waals surface area contributed by atoms with Gasteiger partial charge in [0.15, 0.2) is 5.96 Å². The fraction of sp³-hybridized carbons (Fsp3) is 0.474. The Bertz CT molecular complexity index is 748. The molecule has 0 aliphatic carbocycles. The summed E-state index contributed by atoms with van der Waals surface area (Å²) in [6, 6.07) is 7.04. The summed E-state index contributed by atoms with van der Waals surface area (Å²) in [6.07, 6.45) is 2.97. The van der Waals surface area contributed by atoms with Gasteiger partial charge in [-0.15, -0.1) is 24.0 Å². The van der Waals surface area contributed by atoms with Crippen LogP contribution >= 0.6 is 35.7 Å². The topological polar surface area (TPSA) is 54.2 Å². The largest absolute Gasteiger partial charge is 0.356 e. The predicted octanol–water partition coefficient (Wildman–Crippen LogP) is 3.88. The van der Waals surface area contributed by atoms with Crippen molar-refractivity contribution in [1.82, 2.24) is 20.4 Å². The lowest BCUT2D eigenvalue weighted by atomic mass is 10.1. The lowest BCUT2D eigenvalue weighted by Gasteiger charge is -2.14.